The Hall–Kier alpha value is -1.59. The Kier molecular flexibility index (Phi) is 8.66. The first-order valence-electron chi connectivity index (χ1n) is 8.62. The molecule has 1 aliphatic rings. The summed E-state index contributed by atoms with van der Waals surface area (Å²) in [5.74, 6) is -0.104. The smallest absolute Gasteiger partial charge is 0.307 e. The zero-order valence-corrected chi connectivity index (χ0v) is 14.6. The van der Waals surface area contributed by atoms with Crippen LogP contribution >= 0.6 is 0 Å². The van der Waals surface area contributed by atoms with Crippen molar-refractivity contribution < 1.29 is 19.1 Å². The van der Waals surface area contributed by atoms with Crippen LogP contribution in [0.25, 0.3) is 0 Å². The van der Waals surface area contributed by atoms with Gasteiger partial charge in [-0.25, -0.2) is 0 Å². The van der Waals surface area contributed by atoms with E-state index in [1.807, 2.05) is 6.92 Å². The van der Waals surface area contributed by atoms with Gasteiger partial charge in [-0.1, -0.05) is 19.3 Å². The molecule has 6 heteroatoms. The zero-order chi connectivity index (χ0) is 17.2. The first-order valence-corrected chi connectivity index (χ1v) is 8.62. The van der Waals surface area contributed by atoms with Gasteiger partial charge in [0.05, 0.1) is 13.5 Å². The number of carbonyl (C=O) groups is 3. The minimum Gasteiger partial charge on any atom is -0.469 e. The molecule has 0 aromatic heterocycles. The van der Waals surface area contributed by atoms with E-state index in [1.165, 1.54) is 26.4 Å². The average Bonchev–Trinajstić information content (AvgIpc) is 2.55. The topological polar surface area (TPSA) is 75.7 Å². The summed E-state index contributed by atoms with van der Waals surface area (Å²) < 4.78 is 4.59. The van der Waals surface area contributed by atoms with Crippen LogP contribution in [0.1, 0.15) is 58.8 Å². The van der Waals surface area contributed by atoms with Crippen LogP contribution in [0.5, 0.6) is 0 Å². The Labute approximate surface area is 138 Å². The molecule has 0 bridgehead atoms. The van der Waals surface area contributed by atoms with E-state index in [2.05, 4.69) is 10.1 Å². The molecule has 0 radical (unpaired) electrons. The Bertz CT molecular complexity index is 405. The van der Waals surface area contributed by atoms with Gasteiger partial charge in [-0.3, -0.25) is 14.4 Å². The molecule has 0 saturated heterocycles. The molecule has 1 atom stereocenters. The highest BCUT2D eigenvalue weighted by Gasteiger charge is 2.23. The largest absolute Gasteiger partial charge is 0.469 e. The Morgan fingerprint density at radius 2 is 1.87 bits per heavy atom. The van der Waals surface area contributed by atoms with Crippen molar-refractivity contribution in [2.24, 2.45) is 5.92 Å². The molecule has 1 aliphatic carbocycles. The predicted molar refractivity (Wildman–Crippen MR) is 87.7 cm³/mol. The molecular weight excluding hydrogens is 296 g/mol. The quantitative estimate of drug-likeness (QED) is 0.691. The summed E-state index contributed by atoms with van der Waals surface area (Å²) in [5, 5.41) is 2.80. The van der Waals surface area contributed by atoms with Crippen LogP contribution in [0.2, 0.25) is 0 Å². The van der Waals surface area contributed by atoms with Gasteiger partial charge in [0.2, 0.25) is 11.8 Å². The molecule has 1 fully saturated rings. The average molecular weight is 326 g/mol. The maximum Gasteiger partial charge on any atom is 0.307 e. The molecule has 132 valence electrons. The van der Waals surface area contributed by atoms with Crippen LogP contribution in [0.15, 0.2) is 0 Å². The molecule has 1 saturated carbocycles. The normalized spacial score (nSPS) is 16.5. The minimum absolute atomic E-state index is 0.0539. The Morgan fingerprint density at radius 1 is 1.22 bits per heavy atom. The lowest BCUT2D eigenvalue weighted by Gasteiger charge is -2.26. The Morgan fingerprint density at radius 3 is 2.43 bits per heavy atom. The number of nitrogens with zero attached hydrogens (tertiary/aromatic N) is 1. The number of hydrogen-bond donors (Lipinski definition) is 1. The molecule has 23 heavy (non-hydrogen) atoms. The Balaban J connectivity index is 2.40. The van der Waals surface area contributed by atoms with Crippen LogP contribution in [-0.2, 0) is 19.1 Å². The van der Waals surface area contributed by atoms with E-state index in [-0.39, 0.29) is 24.2 Å². The van der Waals surface area contributed by atoms with Crippen LogP contribution in [-0.4, -0.2) is 48.9 Å². The summed E-state index contributed by atoms with van der Waals surface area (Å²) in [6, 6.07) is -0.566. The van der Waals surface area contributed by atoms with Gasteiger partial charge in [0.1, 0.15) is 6.04 Å². The molecule has 0 unspecified atom stereocenters. The van der Waals surface area contributed by atoms with E-state index < -0.39 is 6.04 Å². The fourth-order valence-electron chi connectivity index (χ4n) is 3.04. The number of likely N-dealkylation sites (N-methyl/N-ethyl adjacent to an activating group) is 1. The minimum atomic E-state index is -0.566. The highest BCUT2D eigenvalue weighted by atomic mass is 16.5. The van der Waals surface area contributed by atoms with E-state index in [0.717, 1.165) is 12.8 Å². The second kappa shape index (κ2) is 10.2. The van der Waals surface area contributed by atoms with Gasteiger partial charge >= 0.3 is 5.97 Å². The first kappa shape index (κ1) is 19.5. The first-order chi connectivity index (χ1) is 11.0. The van der Waals surface area contributed by atoms with E-state index in [9.17, 15) is 14.4 Å². The van der Waals surface area contributed by atoms with Crippen molar-refractivity contribution in [3.8, 4) is 0 Å². The molecule has 6 nitrogen and oxygen atoms in total. The fraction of sp³-hybridized carbons (Fsp3) is 0.824. The molecule has 0 aromatic carbocycles. The second-order valence-corrected chi connectivity index (χ2v) is 6.24. The van der Waals surface area contributed by atoms with Gasteiger partial charge in [0.25, 0.3) is 0 Å². The summed E-state index contributed by atoms with van der Waals surface area (Å²) >= 11 is 0. The standard InChI is InChI=1S/C17H30N2O4/c1-4-19(11-10-16(21)23-3)17(22)13(2)18-15(20)12-14-8-6-5-7-9-14/h13-14H,4-12H2,1-3H3,(H,18,20)/t13-/m1/s1. The predicted octanol–water partition coefficient (Wildman–Crippen LogP) is 1.87. The number of ether oxygens (including phenoxy) is 1. The zero-order valence-electron chi connectivity index (χ0n) is 14.6. The third kappa shape index (κ3) is 7.01. The van der Waals surface area contributed by atoms with Crippen LogP contribution in [0.4, 0.5) is 0 Å². The molecule has 0 aromatic rings. The van der Waals surface area contributed by atoms with Crippen molar-refractivity contribution in [1.29, 1.82) is 0 Å². The van der Waals surface area contributed by atoms with Crippen molar-refractivity contribution in [2.45, 2.75) is 64.8 Å². The summed E-state index contributed by atoms with van der Waals surface area (Å²) in [6.07, 6.45) is 6.54. The maximum atomic E-state index is 12.4. The van der Waals surface area contributed by atoms with Crippen molar-refractivity contribution in [3.63, 3.8) is 0 Å². The van der Waals surface area contributed by atoms with Gasteiger partial charge in [-0.15, -0.1) is 0 Å². The number of carbonyl (C=O) groups excluding carboxylic acids is 3. The summed E-state index contributed by atoms with van der Waals surface area (Å²) in [5.41, 5.74) is 0. The lowest BCUT2D eigenvalue weighted by Crippen LogP contribution is -2.47. The molecule has 2 amide bonds. The lowest BCUT2D eigenvalue weighted by atomic mass is 9.87. The monoisotopic (exact) mass is 326 g/mol. The highest BCUT2D eigenvalue weighted by molar-refractivity contribution is 5.87. The summed E-state index contributed by atoms with van der Waals surface area (Å²) in [6.45, 7) is 4.36. The second-order valence-electron chi connectivity index (χ2n) is 6.24. The van der Waals surface area contributed by atoms with Crippen LogP contribution < -0.4 is 5.32 Å². The van der Waals surface area contributed by atoms with Gasteiger partial charge in [-0.05, 0) is 32.6 Å². The molecular formula is C17H30N2O4. The summed E-state index contributed by atoms with van der Waals surface area (Å²) in [4.78, 5) is 37.2. The van der Waals surface area contributed by atoms with E-state index in [0.29, 0.717) is 25.4 Å². The number of rotatable bonds is 8. The van der Waals surface area contributed by atoms with Gasteiger partial charge < -0.3 is 15.0 Å². The molecule has 0 spiro atoms. The third-order valence-electron chi connectivity index (χ3n) is 4.45. The van der Waals surface area contributed by atoms with Crippen molar-refractivity contribution in [2.75, 3.05) is 20.2 Å². The molecule has 0 heterocycles. The number of nitrogens with one attached hydrogen (secondary N) is 1. The fourth-order valence-corrected chi connectivity index (χ4v) is 3.04. The van der Waals surface area contributed by atoms with Gasteiger partial charge in [0, 0.05) is 19.5 Å². The maximum absolute atomic E-state index is 12.4. The van der Waals surface area contributed by atoms with E-state index in [4.69, 9.17) is 0 Å². The SMILES string of the molecule is CCN(CCC(=O)OC)C(=O)[C@@H](C)NC(=O)CC1CCCCC1. The van der Waals surface area contributed by atoms with Crippen LogP contribution in [0.3, 0.4) is 0 Å². The van der Waals surface area contributed by atoms with Crippen LogP contribution in [0, 0.1) is 5.92 Å². The van der Waals surface area contributed by atoms with Gasteiger partial charge in [-0.2, -0.15) is 0 Å². The van der Waals surface area contributed by atoms with Crippen molar-refractivity contribution in [1.82, 2.24) is 10.2 Å². The molecule has 0 aliphatic heterocycles. The number of esters is 1. The highest BCUT2D eigenvalue weighted by Crippen LogP contribution is 2.26. The van der Waals surface area contributed by atoms with Crippen molar-refractivity contribution >= 4 is 17.8 Å². The summed E-state index contributed by atoms with van der Waals surface area (Å²) in [7, 11) is 1.33. The third-order valence-corrected chi connectivity index (χ3v) is 4.45. The number of amides is 2. The lowest BCUT2D eigenvalue weighted by molar-refractivity contribution is -0.142. The molecule has 1 N–H and O–H groups in total. The van der Waals surface area contributed by atoms with E-state index in [1.54, 1.807) is 11.8 Å². The van der Waals surface area contributed by atoms with Crippen molar-refractivity contribution in [3.05, 3.63) is 0 Å². The number of methoxy groups -OCH3 is 1. The molecule has 1 rings (SSSR count). The van der Waals surface area contributed by atoms with E-state index >= 15 is 0 Å². The number of hydrogen-bond acceptors (Lipinski definition) is 4. The van der Waals surface area contributed by atoms with Gasteiger partial charge in [0.15, 0.2) is 0 Å².